The number of anilines is 2. The molecule has 1 amide bonds. The smallest absolute Gasteiger partial charge is 0.358 e. The highest BCUT2D eigenvalue weighted by atomic mass is 19.4. The van der Waals surface area contributed by atoms with Gasteiger partial charge in [0.05, 0.1) is 13.1 Å². The van der Waals surface area contributed by atoms with Gasteiger partial charge in [0.2, 0.25) is 5.91 Å². The van der Waals surface area contributed by atoms with Crippen molar-refractivity contribution < 1.29 is 31.9 Å². The molecule has 2 aliphatic rings. The molecule has 2 aliphatic heterocycles. The van der Waals surface area contributed by atoms with Crippen LogP contribution >= 0.6 is 0 Å². The lowest BCUT2D eigenvalue weighted by Gasteiger charge is -2.39. The molecule has 0 unspecified atom stereocenters. The Bertz CT molecular complexity index is 624. The van der Waals surface area contributed by atoms with Gasteiger partial charge in [-0.3, -0.25) is 4.79 Å². The van der Waals surface area contributed by atoms with Crippen molar-refractivity contribution in [3.8, 4) is 0 Å². The maximum atomic E-state index is 12.9. The Morgan fingerprint density at radius 3 is 2.35 bits per heavy atom. The number of carbonyl (C=O) groups is 1. The van der Waals surface area contributed by atoms with E-state index in [0.717, 1.165) is 19.5 Å². The minimum Gasteiger partial charge on any atom is -0.358 e. The van der Waals surface area contributed by atoms with E-state index >= 15 is 0 Å². The zero-order valence-corrected chi connectivity index (χ0v) is 13.8. The van der Waals surface area contributed by atoms with Crippen LogP contribution < -0.4 is 10.2 Å². The van der Waals surface area contributed by atoms with Crippen LogP contribution in [0.5, 0.6) is 0 Å². The Morgan fingerprint density at radius 2 is 1.88 bits per heavy atom. The zero-order valence-electron chi connectivity index (χ0n) is 13.8. The third kappa shape index (κ3) is 5.93. The predicted octanol–water partition coefficient (Wildman–Crippen LogP) is 1.46. The van der Waals surface area contributed by atoms with Crippen LogP contribution in [0, 0.1) is 0 Å². The van der Waals surface area contributed by atoms with Gasteiger partial charge in [-0.25, -0.2) is 18.7 Å². The lowest BCUT2D eigenvalue weighted by atomic mass is 10.1. The summed E-state index contributed by atoms with van der Waals surface area (Å²) in [5.74, 6) is -1.70. The van der Waals surface area contributed by atoms with Gasteiger partial charge in [-0.05, 0) is 13.3 Å². The molecule has 3 heterocycles. The molecular formula is C14H18F5N5O2. The summed E-state index contributed by atoms with van der Waals surface area (Å²) in [5.41, 5.74) is 0. The number of nitrogens with one attached hydrogen (secondary N) is 1. The fraction of sp³-hybridized carbons (Fsp3) is 0.643. The quantitative estimate of drug-likeness (QED) is 0.767. The fourth-order valence-electron chi connectivity index (χ4n) is 2.37. The number of hydrogen-bond donors (Lipinski definition) is 2. The van der Waals surface area contributed by atoms with Gasteiger partial charge in [-0.15, -0.1) is 13.2 Å². The van der Waals surface area contributed by atoms with Gasteiger partial charge in [-0.2, -0.15) is 0 Å². The molecule has 2 N–H and O–H groups in total. The molecule has 146 valence electrons. The van der Waals surface area contributed by atoms with Crippen molar-refractivity contribution in [3.63, 3.8) is 0 Å². The summed E-state index contributed by atoms with van der Waals surface area (Å²) in [7, 11) is 0. The van der Waals surface area contributed by atoms with E-state index in [1.807, 2.05) is 0 Å². The van der Waals surface area contributed by atoms with Crippen LogP contribution in [0.25, 0.3) is 0 Å². The van der Waals surface area contributed by atoms with Crippen LogP contribution in [0.4, 0.5) is 33.6 Å². The SMILES string of the molecule is C[C@@H](Nc1cc(N2CC(F)(F)C2)ncn1)C(=O)N1CCC1.OC(F)(F)F. The molecule has 0 spiro atoms. The van der Waals surface area contributed by atoms with E-state index in [0.29, 0.717) is 11.6 Å². The highest BCUT2D eigenvalue weighted by Crippen LogP contribution is 2.31. The van der Waals surface area contributed by atoms with Crippen molar-refractivity contribution in [3.05, 3.63) is 12.4 Å². The highest BCUT2D eigenvalue weighted by molar-refractivity contribution is 5.84. The molecule has 0 aliphatic carbocycles. The molecule has 1 atom stereocenters. The molecule has 0 bridgehead atoms. The van der Waals surface area contributed by atoms with E-state index in [1.54, 1.807) is 17.9 Å². The number of amides is 1. The lowest BCUT2D eigenvalue weighted by molar-refractivity contribution is -0.295. The van der Waals surface area contributed by atoms with Gasteiger partial charge >= 0.3 is 6.36 Å². The van der Waals surface area contributed by atoms with E-state index in [9.17, 15) is 26.7 Å². The number of carbonyl (C=O) groups excluding carboxylic acids is 1. The molecule has 1 aromatic rings. The minimum absolute atomic E-state index is 0.0249. The van der Waals surface area contributed by atoms with Crippen LogP contribution in [-0.4, -0.2) is 70.4 Å². The average molecular weight is 383 g/mol. The van der Waals surface area contributed by atoms with Crippen LogP contribution in [0.2, 0.25) is 0 Å². The Labute approximate surface area is 145 Å². The first-order chi connectivity index (χ1) is 11.9. The first-order valence-electron chi connectivity index (χ1n) is 7.74. The second-order valence-electron chi connectivity index (χ2n) is 5.99. The number of hydrogen-bond acceptors (Lipinski definition) is 6. The van der Waals surface area contributed by atoms with Crippen molar-refractivity contribution in [2.75, 3.05) is 36.4 Å². The first kappa shape index (κ1) is 20.1. The van der Waals surface area contributed by atoms with Gasteiger partial charge in [-0.1, -0.05) is 0 Å². The summed E-state index contributed by atoms with van der Waals surface area (Å²) < 4.78 is 55.5. The third-order valence-corrected chi connectivity index (χ3v) is 3.72. The zero-order chi connectivity index (χ0) is 19.5. The summed E-state index contributed by atoms with van der Waals surface area (Å²) in [4.78, 5) is 23.3. The van der Waals surface area contributed by atoms with Gasteiger partial charge in [0, 0.05) is 19.2 Å². The monoisotopic (exact) mass is 383 g/mol. The summed E-state index contributed by atoms with van der Waals surface area (Å²) in [6, 6.07) is 1.20. The maximum Gasteiger partial charge on any atom is 0.519 e. The van der Waals surface area contributed by atoms with Crippen molar-refractivity contribution in [2.24, 2.45) is 0 Å². The van der Waals surface area contributed by atoms with Crippen LogP contribution in [0.15, 0.2) is 12.4 Å². The minimum atomic E-state index is -5.00. The number of likely N-dealkylation sites (tertiary alicyclic amines) is 1. The second kappa shape index (κ2) is 7.56. The molecular weight excluding hydrogens is 365 g/mol. The molecule has 0 aromatic carbocycles. The number of rotatable bonds is 4. The molecule has 1 aromatic heterocycles. The van der Waals surface area contributed by atoms with E-state index in [2.05, 4.69) is 15.3 Å². The average Bonchev–Trinajstić information content (AvgIpc) is 2.41. The first-order valence-corrected chi connectivity index (χ1v) is 7.74. The van der Waals surface area contributed by atoms with Gasteiger partial charge in [0.1, 0.15) is 24.0 Å². The standard InChI is InChI=1S/C13H17F2N5O.CHF3O/c1-9(12(21)19-3-2-4-19)18-10-5-11(17-8-16-10)20-6-13(14,15)7-20;2-1(3,4)5/h5,8-9H,2-4,6-7H2,1H3,(H,16,17,18);5H/t9-;/m1./s1. The Balaban J connectivity index is 0.000000431. The normalized spacial score (nSPS) is 19.5. The van der Waals surface area contributed by atoms with Crippen molar-refractivity contribution >= 4 is 17.5 Å². The van der Waals surface area contributed by atoms with Crippen molar-refractivity contribution in [2.45, 2.75) is 31.7 Å². The molecule has 0 saturated carbocycles. The molecule has 2 fully saturated rings. The summed E-state index contributed by atoms with van der Waals surface area (Å²) in [6.45, 7) is 2.70. The van der Waals surface area contributed by atoms with E-state index < -0.39 is 18.3 Å². The van der Waals surface area contributed by atoms with Gasteiger partial charge in [0.15, 0.2) is 0 Å². The molecule has 0 radical (unpaired) electrons. The largest absolute Gasteiger partial charge is 0.519 e. The number of aromatic nitrogens is 2. The summed E-state index contributed by atoms with van der Waals surface area (Å²) >= 11 is 0. The van der Waals surface area contributed by atoms with Crippen molar-refractivity contribution in [1.29, 1.82) is 0 Å². The van der Waals surface area contributed by atoms with E-state index in [4.69, 9.17) is 5.11 Å². The highest BCUT2D eigenvalue weighted by Gasteiger charge is 2.44. The van der Waals surface area contributed by atoms with Gasteiger partial charge < -0.3 is 20.2 Å². The van der Waals surface area contributed by atoms with Crippen LogP contribution in [-0.2, 0) is 4.79 Å². The Hall–Kier alpha value is -2.24. The maximum absolute atomic E-state index is 12.9. The molecule has 2 saturated heterocycles. The molecule has 26 heavy (non-hydrogen) atoms. The molecule has 7 nitrogen and oxygen atoms in total. The topological polar surface area (TPSA) is 81.6 Å². The van der Waals surface area contributed by atoms with Gasteiger partial charge in [0.25, 0.3) is 5.92 Å². The summed E-state index contributed by atoms with van der Waals surface area (Å²) in [5, 5.41) is 9.52. The lowest BCUT2D eigenvalue weighted by Crippen LogP contribution is -2.56. The Kier molecular flexibility index (Phi) is 5.84. The van der Waals surface area contributed by atoms with E-state index in [1.165, 1.54) is 11.2 Å². The summed E-state index contributed by atoms with van der Waals surface area (Å²) in [6.07, 6.45) is -2.64. The molecule has 12 heteroatoms. The van der Waals surface area contributed by atoms with Crippen LogP contribution in [0.1, 0.15) is 13.3 Å². The molecule has 3 rings (SSSR count). The van der Waals surface area contributed by atoms with Crippen LogP contribution in [0.3, 0.4) is 0 Å². The Morgan fingerprint density at radius 1 is 1.31 bits per heavy atom. The number of halogens is 5. The predicted molar refractivity (Wildman–Crippen MR) is 81.7 cm³/mol. The van der Waals surface area contributed by atoms with E-state index in [-0.39, 0.29) is 19.0 Å². The number of nitrogens with zero attached hydrogens (tertiary/aromatic N) is 4. The third-order valence-electron chi connectivity index (χ3n) is 3.72. The second-order valence-corrected chi connectivity index (χ2v) is 5.99. The fourth-order valence-corrected chi connectivity index (χ4v) is 2.37. The number of aliphatic hydroxyl groups is 1. The number of alkyl halides is 5. The van der Waals surface area contributed by atoms with Crippen molar-refractivity contribution in [1.82, 2.24) is 14.9 Å².